The van der Waals surface area contributed by atoms with Crippen LogP contribution in [0.25, 0.3) is 10.8 Å². The van der Waals surface area contributed by atoms with Crippen LogP contribution in [0.5, 0.6) is 0 Å². The maximum absolute atomic E-state index is 12.6. The SMILES string of the molecule is CCn1c(CCC(=O)Nc2cccc3ccccc23)nnc1CC1CCCCC1. The zero-order chi connectivity index (χ0) is 20.1. The van der Waals surface area contributed by atoms with Gasteiger partial charge in [0.05, 0.1) is 0 Å². The van der Waals surface area contributed by atoms with E-state index in [1.807, 2.05) is 30.3 Å². The first-order chi connectivity index (χ1) is 14.2. The summed E-state index contributed by atoms with van der Waals surface area (Å²) in [7, 11) is 0. The Bertz CT molecular complexity index is 967. The van der Waals surface area contributed by atoms with E-state index in [1.165, 1.54) is 32.1 Å². The predicted molar refractivity (Wildman–Crippen MR) is 117 cm³/mol. The van der Waals surface area contributed by atoms with Gasteiger partial charge in [0.25, 0.3) is 0 Å². The number of aryl methyl sites for hydroxylation is 1. The molecule has 152 valence electrons. The van der Waals surface area contributed by atoms with Gasteiger partial charge in [-0.2, -0.15) is 0 Å². The first-order valence-corrected chi connectivity index (χ1v) is 10.9. The monoisotopic (exact) mass is 390 g/mol. The fourth-order valence-electron chi connectivity index (χ4n) is 4.50. The minimum atomic E-state index is 0.0147. The highest BCUT2D eigenvalue weighted by Gasteiger charge is 2.19. The summed E-state index contributed by atoms with van der Waals surface area (Å²) in [6.07, 6.45) is 8.70. The van der Waals surface area contributed by atoms with Crippen molar-refractivity contribution in [2.45, 2.75) is 64.8 Å². The van der Waals surface area contributed by atoms with Gasteiger partial charge in [0.2, 0.25) is 5.91 Å². The van der Waals surface area contributed by atoms with E-state index in [0.29, 0.717) is 12.8 Å². The lowest BCUT2D eigenvalue weighted by molar-refractivity contribution is -0.116. The molecule has 0 unspecified atom stereocenters. The highest BCUT2D eigenvalue weighted by atomic mass is 16.1. The summed E-state index contributed by atoms with van der Waals surface area (Å²) in [4.78, 5) is 12.6. The average Bonchev–Trinajstić information content (AvgIpc) is 3.14. The van der Waals surface area contributed by atoms with Crippen LogP contribution < -0.4 is 5.32 Å². The van der Waals surface area contributed by atoms with Gasteiger partial charge in [0, 0.05) is 36.9 Å². The Morgan fingerprint density at radius 2 is 1.79 bits per heavy atom. The van der Waals surface area contributed by atoms with Crippen LogP contribution in [0.15, 0.2) is 42.5 Å². The number of fused-ring (bicyclic) bond motifs is 1. The molecule has 0 atom stereocenters. The third-order valence-electron chi connectivity index (χ3n) is 6.06. The Morgan fingerprint density at radius 1 is 1.03 bits per heavy atom. The molecule has 0 saturated heterocycles. The van der Waals surface area contributed by atoms with Gasteiger partial charge < -0.3 is 9.88 Å². The Morgan fingerprint density at radius 3 is 2.62 bits per heavy atom. The van der Waals surface area contributed by atoms with Gasteiger partial charge >= 0.3 is 0 Å². The fraction of sp³-hybridized carbons (Fsp3) is 0.458. The lowest BCUT2D eigenvalue weighted by Crippen LogP contribution is -2.16. The molecule has 5 nitrogen and oxygen atoms in total. The molecule has 0 spiro atoms. The van der Waals surface area contributed by atoms with Crippen molar-refractivity contribution < 1.29 is 4.79 Å². The minimum Gasteiger partial charge on any atom is -0.326 e. The normalized spacial score (nSPS) is 14.9. The van der Waals surface area contributed by atoms with E-state index in [2.05, 4.69) is 39.1 Å². The van der Waals surface area contributed by atoms with Crippen LogP contribution in [0, 0.1) is 5.92 Å². The number of hydrogen-bond donors (Lipinski definition) is 1. The molecule has 1 N–H and O–H groups in total. The number of benzene rings is 2. The standard InChI is InChI=1S/C24H30N4O/c1-2-28-22(26-27-23(28)17-18-9-4-3-5-10-18)15-16-24(29)25-21-14-8-12-19-11-6-7-13-20(19)21/h6-8,11-14,18H,2-5,9-10,15-17H2,1H3,(H,25,29). The predicted octanol–water partition coefficient (Wildman–Crippen LogP) is 5.15. The molecule has 0 aliphatic heterocycles. The largest absolute Gasteiger partial charge is 0.326 e. The summed E-state index contributed by atoms with van der Waals surface area (Å²) in [6.45, 7) is 2.99. The van der Waals surface area contributed by atoms with Crippen LogP contribution in [0.1, 0.15) is 57.1 Å². The highest BCUT2D eigenvalue weighted by molar-refractivity contribution is 6.02. The molecule has 1 heterocycles. The second-order valence-electron chi connectivity index (χ2n) is 8.06. The molecule has 0 bridgehead atoms. The van der Waals surface area contributed by atoms with E-state index < -0.39 is 0 Å². The van der Waals surface area contributed by atoms with Gasteiger partial charge in [-0.1, -0.05) is 68.5 Å². The topological polar surface area (TPSA) is 59.8 Å². The van der Waals surface area contributed by atoms with Gasteiger partial charge in [-0.25, -0.2) is 0 Å². The summed E-state index contributed by atoms with van der Waals surface area (Å²) in [5.41, 5.74) is 0.864. The van der Waals surface area contributed by atoms with E-state index >= 15 is 0 Å². The number of amides is 1. The van der Waals surface area contributed by atoms with E-state index in [1.54, 1.807) is 0 Å². The second-order valence-corrected chi connectivity index (χ2v) is 8.06. The lowest BCUT2D eigenvalue weighted by atomic mass is 9.87. The molecule has 3 aromatic rings. The van der Waals surface area contributed by atoms with Crippen molar-refractivity contribution in [2.24, 2.45) is 5.92 Å². The van der Waals surface area contributed by atoms with E-state index in [0.717, 1.165) is 47.0 Å². The second kappa shape index (κ2) is 9.21. The lowest BCUT2D eigenvalue weighted by Gasteiger charge is -2.21. The molecule has 1 saturated carbocycles. The molecule has 5 heteroatoms. The van der Waals surface area contributed by atoms with E-state index in [4.69, 9.17) is 0 Å². The molecule has 1 aromatic heterocycles. The van der Waals surface area contributed by atoms with Crippen LogP contribution in [0.2, 0.25) is 0 Å². The summed E-state index contributed by atoms with van der Waals surface area (Å²) in [5, 5.41) is 14.1. The number of anilines is 1. The highest BCUT2D eigenvalue weighted by Crippen LogP contribution is 2.27. The van der Waals surface area contributed by atoms with Crippen LogP contribution in [0.4, 0.5) is 5.69 Å². The quantitative estimate of drug-likeness (QED) is 0.607. The number of aromatic nitrogens is 3. The van der Waals surface area contributed by atoms with Crippen molar-refractivity contribution >= 4 is 22.4 Å². The van der Waals surface area contributed by atoms with Crippen LogP contribution in [0.3, 0.4) is 0 Å². The number of nitrogens with zero attached hydrogens (tertiary/aromatic N) is 3. The zero-order valence-corrected chi connectivity index (χ0v) is 17.2. The molecular weight excluding hydrogens is 360 g/mol. The van der Waals surface area contributed by atoms with Crippen molar-refractivity contribution in [3.8, 4) is 0 Å². The Balaban J connectivity index is 1.38. The third kappa shape index (κ3) is 4.66. The maximum atomic E-state index is 12.6. The van der Waals surface area contributed by atoms with E-state index in [-0.39, 0.29) is 5.91 Å². The molecule has 4 rings (SSSR count). The Hall–Kier alpha value is -2.69. The molecular formula is C24H30N4O. The van der Waals surface area contributed by atoms with Gasteiger partial charge in [0.15, 0.2) is 0 Å². The summed E-state index contributed by atoms with van der Waals surface area (Å²) in [5.74, 6) is 2.76. The number of nitrogens with one attached hydrogen (secondary N) is 1. The minimum absolute atomic E-state index is 0.0147. The van der Waals surface area contributed by atoms with Crippen LogP contribution >= 0.6 is 0 Å². The number of hydrogen-bond acceptors (Lipinski definition) is 3. The Kier molecular flexibility index (Phi) is 6.23. The first kappa shape index (κ1) is 19.6. The Labute approximate surface area is 172 Å². The van der Waals surface area contributed by atoms with Gasteiger partial charge in [-0.15, -0.1) is 10.2 Å². The summed E-state index contributed by atoms with van der Waals surface area (Å²) in [6, 6.07) is 14.1. The molecule has 1 aliphatic rings. The summed E-state index contributed by atoms with van der Waals surface area (Å²) < 4.78 is 2.21. The smallest absolute Gasteiger partial charge is 0.224 e. The molecule has 1 aliphatic carbocycles. The molecule has 1 fully saturated rings. The maximum Gasteiger partial charge on any atom is 0.224 e. The van der Waals surface area contributed by atoms with E-state index in [9.17, 15) is 4.79 Å². The van der Waals surface area contributed by atoms with Crippen molar-refractivity contribution in [1.82, 2.24) is 14.8 Å². The van der Waals surface area contributed by atoms with Gasteiger partial charge in [0.1, 0.15) is 11.6 Å². The van der Waals surface area contributed by atoms with Crippen molar-refractivity contribution in [3.05, 3.63) is 54.1 Å². The molecule has 0 radical (unpaired) electrons. The van der Waals surface area contributed by atoms with Crippen LogP contribution in [-0.4, -0.2) is 20.7 Å². The summed E-state index contributed by atoms with van der Waals surface area (Å²) >= 11 is 0. The average molecular weight is 391 g/mol. The van der Waals surface area contributed by atoms with Crippen LogP contribution in [-0.2, 0) is 24.2 Å². The van der Waals surface area contributed by atoms with Crippen molar-refractivity contribution in [3.63, 3.8) is 0 Å². The first-order valence-electron chi connectivity index (χ1n) is 10.9. The number of carbonyl (C=O) groups is 1. The van der Waals surface area contributed by atoms with Crippen molar-refractivity contribution in [2.75, 3.05) is 5.32 Å². The zero-order valence-electron chi connectivity index (χ0n) is 17.2. The van der Waals surface area contributed by atoms with Crippen molar-refractivity contribution in [1.29, 1.82) is 0 Å². The van der Waals surface area contributed by atoms with Gasteiger partial charge in [-0.05, 0) is 24.3 Å². The molecule has 2 aromatic carbocycles. The number of carbonyl (C=O) groups excluding carboxylic acids is 1. The fourth-order valence-corrected chi connectivity index (χ4v) is 4.50. The number of rotatable bonds is 7. The van der Waals surface area contributed by atoms with Gasteiger partial charge in [-0.3, -0.25) is 4.79 Å². The third-order valence-corrected chi connectivity index (χ3v) is 6.06. The molecule has 1 amide bonds. The molecule has 29 heavy (non-hydrogen) atoms.